The molecule has 0 aromatic carbocycles. The molecule has 2 atom stereocenters. The minimum Gasteiger partial charge on any atom is -0.352 e. The summed E-state index contributed by atoms with van der Waals surface area (Å²) in [4.78, 5) is 23.8. The van der Waals surface area contributed by atoms with E-state index in [4.69, 9.17) is 0 Å². The first kappa shape index (κ1) is 19.7. The van der Waals surface area contributed by atoms with E-state index in [-0.39, 0.29) is 18.0 Å². The second-order valence-corrected chi connectivity index (χ2v) is 8.08. The lowest BCUT2D eigenvalue weighted by atomic mass is 10.1. The van der Waals surface area contributed by atoms with Crippen molar-refractivity contribution in [3.63, 3.8) is 0 Å². The fourth-order valence-corrected chi connectivity index (χ4v) is 3.17. The zero-order chi connectivity index (χ0) is 17.6. The molecule has 0 radical (unpaired) electrons. The van der Waals surface area contributed by atoms with Gasteiger partial charge in [-0.2, -0.15) is 0 Å². The van der Waals surface area contributed by atoms with Crippen LogP contribution in [0.15, 0.2) is 0 Å². The van der Waals surface area contributed by atoms with Crippen molar-refractivity contribution in [2.75, 3.05) is 19.3 Å². The summed E-state index contributed by atoms with van der Waals surface area (Å²) in [6, 6.07) is -1.05. The zero-order valence-electron chi connectivity index (χ0n) is 14.3. The van der Waals surface area contributed by atoms with E-state index >= 15 is 0 Å². The van der Waals surface area contributed by atoms with Crippen molar-refractivity contribution >= 4 is 22.0 Å². The molecule has 0 spiro atoms. The largest absolute Gasteiger partial charge is 0.352 e. The molecule has 1 aliphatic heterocycles. The third-order valence-corrected chi connectivity index (χ3v) is 5.30. The average molecular weight is 348 g/mol. The van der Waals surface area contributed by atoms with Gasteiger partial charge in [0, 0.05) is 25.2 Å². The highest BCUT2D eigenvalue weighted by molar-refractivity contribution is 7.88. The Kier molecular flexibility index (Phi) is 7.27. The summed E-state index contributed by atoms with van der Waals surface area (Å²) in [5.41, 5.74) is 0. The molecule has 0 aromatic heterocycles. The van der Waals surface area contributed by atoms with Crippen molar-refractivity contribution in [2.45, 2.75) is 58.2 Å². The topological polar surface area (TPSA) is 108 Å². The van der Waals surface area contributed by atoms with Crippen molar-refractivity contribution in [3.05, 3.63) is 0 Å². The maximum atomic E-state index is 11.9. The molecule has 1 aliphatic rings. The molecule has 0 aliphatic carbocycles. The van der Waals surface area contributed by atoms with Crippen LogP contribution in [0, 0.1) is 0 Å². The number of rotatable bonds is 6. The van der Waals surface area contributed by atoms with Crippen LogP contribution in [0.25, 0.3) is 0 Å². The molecule has 0 saturated carbocycles. The van der Waals surface area contributed by atoms with Crippen LogP contribution < -0.4 is 16.0 Å². The van der Waals surface area contributed by atoms with Crippen molar-refractivity contribution in [1.82, 2.24) is 20.3 Å². The van der Waals surface area contributed by atoms with E-state index in [1.165, 1.54) is 10.6 Å². The van der Waals surface area contributed by atoms with E-state index in [1.807, 2.05) is 13.8 Å². The van der Waals surface area contributed by atoms with Gasteiger partial charge in [-0.25, -0.2) is 17.5 Å². The first-order valence-corrected chi connectivity index (χ1v) is 9.80. The van der Waals surface area contributed by atoms with Gasteiger partial charge in [-0.05, 0) is 33.1 Å². The Morgan fingerprint density at radius 2 is 1.74 bits per heavy atom. The maximum Gasteiger partial charge on any atom is 0.315 e. The van der Waals surface area contributed by atoms with Crippen molar-refractivity contribution in [3.8, 4) is 0 Å². The number of nitrogens with one attached hydrogen (secondary N) is 3. The number of urea groups is 1. The van der Waals surface area contributed by atoms with Crippen LogP contribution >= 0.6 is 0 Å². The van der Waals surface area contributed by atoms with Crippen molar-refractivity contribution in [1.29, 1.82) is 0 Å². The Bertz CT molecular complexity index is 515. The highest BCUT2D eigenvalue weighted by atomic mass is 32.2. The van der Waals surface area contributed by atoms with Crippen LogP contribution in [0.2, 0.25) is 0 Å². The fourth-order valence-electron chi connectivity index (χ4n) is 2.29. The molecule has 1 fully saturated rings. The Labute approximate surface area is 138 Å². The van der Waals surface area contributed by atoms with Crippen LogP contribution in [-0.4, -0.2) is 62.1 Å². The molecule has 23 heavy (non-hydrogen) atoms. The molecule has 0 bridgehead atoms. The fraction of sp³-hybridized carbons (Fsp3) is 0.857. The Balaban J connectivity index is 2.36. The summed E-state index contributed by atoms with van der Waals surface area (Å²) in [6.45, 7) is 6.30. The second kappa shape index (κ2) is 8.49. The predicted molar refractivity (Wildman–Crippen MR) is 88.5 cm³/mol. The Morgan fingerprint density at radius 1 is 1.17 bits per heavy atom. The number of piperidine rings is 1. The third-order valence-electron chi connectivity index (χ3n) is 4.00. The lowest BCUT2D eigenvalue weighted by Gasteiger charge is -2.30. The number of sulfonamides is 1. The average Bonchev–Trinajstić information content (AvgIpc) is 2.46. The minimum absolute atomic E-state index is 0.0649. The molecular formula is C14H28N4O4S. The molecule has 1 rings (SSSR count). The van der Waals surface area contributed by atoms with E-state index in [2.05, 4.69) is 16.0 Å². The number of carbonyl (C=O) groups excluding carboxylic acids is 2. The Morgan fingerprint density at radius 3 is 2.22 bits per heavy atom. The molecule has 1 saturated heterocycles. The molecule has 0 unspecified atom stereocenters. The number of hydrogen-bond acceptors (Lipinski definition) is 4. The highest BCUT2D eigenvalue weighted by Crippen LogP contribution is 2.12. The van der Waals surface area contributed by atoms with Gasteiger partial charge in [-0.1, -0.05) is 6.92 Å². The molecule has 1 heterocycles. The van der Waals surface area contributed by atoms with Crippen molar-refractivity contribution in [2.24, 2.45) is 0 Å². The molecule has 3 amide bonds. The maximum absolute atomic E-state index is 11.9. The quantitative estimate of drug-likeness (QED) is 0.628. The predicted octanol–water partition coefficient (Wildman–Crippen LogP) is 0.0128. The van der Waals surface area contributed by atoms with E-state index in [0.29, 0.717) is 25.9 Å². The highest BCUT2D eigenvalue weighted by Gasteiger charge is 2.26. The van der Waals surface area contributed by atoms with Crippen molar-refractivity contribution < 1.29 is 18.0 Å². The van der Waals surface area contributed by atoms with Crippen LogP contribution in [0.3, 0.4) is 0 Å². The minimum atomic E-state index is -3.17. The van der Waals surface area contributed by atoms with E-state index in [0.717, 1.165) is 6.42 Å². The third kappa shape index (κ3) is 6.74. The van der Waals surface area contributed by atoms with Gasteiger partial charge in [0.05, 0.1) is 6.26 Å². The van der Waals surface area contributed by atoms with Crippen LogP contribution in [-0.2, 0) is 14.8 Å². The second-order valence-electron chi connectivity index (χ2n) is 6.09. The van der Waals surface area contributed by atoms with Gasteiger partial charge >= 0.3 is 6.03 Å². The number of nitrogens with zero attached hydrogens (tertiary/aromatic N) is 1. The molecule has 3 N–H and O–H groups in total. The van der Waals surface area contributed by atoms with Crippen LogP contribution in [0.1, 0.15) is 40.0 Å². The molecule has 134 valence electrons. The summed E-state index contributed by atoms with van der Waals surface area (Å²) in [5, 5.41) is 8.20. The number of carbonyl (C=O) groups is 2. The summed E-state index contributed by atoms with van der Waals surface area (Å²) in [6.07, 6.45) is 3.14. The van der Waals surface area contributed by atoms with Crippen LogP contribution in [0.4, 0.5) is 4.79 Å². The van der Waals surface area contributed by atoms with E-state index < -0.39 is 22.1 Å². The zero-order valence-corrected chi connectivity index (χ0v) is 15.1. The summed E-state index contributed by atoms with van der Waals surface area (Å²) >= 11 is 0. The number of hydrogen-bond donors (Lipinski definition) is 3. The monoisotopic (exact) mass is 348 g/mol. The van der Waals surface area contributed by atoms with Gasteiger partial charge in [0.2, 0.25) is 15.9 Å². The summed E-state index contributed by atoms with van der Waals surface area (Å²) in [7, 11) is -3.17. The van der Waals surface area contributed by atoms with Gasteiger partial charge in [-0.15, -0.1) is 0 Å². The van der Waals surface area contributed by atoms with Gasteiger partial charge in [0.15, 0.2) is 0 Å². The van der Waals surface area contributed by atoms with Crippen LogP contribution in [0.5, 0.6) is 0 Å². The standard InChI is InChI=1S/C14H28N4O4S/c1-5-10(2)15-13(19)11(3)16-14(20)17-12-6-8-18(9-7-12)23(4,21)22/h10-12H,5-9H2,1-4H3,(H,15,19)(H2,16,17,20)/t10-,11+/m0/s1. The van der Waals surface area contributed by atoms with E-state index in [1.54, 1.807) is 6.92 Å². The Hall–Kier alpha value is -1.35. The molecular weight excluding hydrogens is 320 g/mol. The molecule has 8 nitrogen and oxygen atoms in total. The summed E-state index contributed by atoms with van der Waals surface area (Å²) in [5.74, 6) is -0.221. The molecule has 9 heteroatoms. The first-order valence-electron chi connectivity index (χ1n) is 7.96. The normalized spacial score (nSPS) is 19.7. The lowest BCUT2D eigenvalue weighted by molar-refractivity contribution is -0.123. The number of amides is 3. The van der Waals surface area contributed by atoms with Gasteiger partial charge in [0.1, 0.15) is 6.04 Å². The van der Waals surface area contributed by atoms with Gasteiger partial charge < -0.3 is 16.0 Å². The van der Waals surface area contributed by atoms with Gasteiger partial charge in [0.25, 0.3) is 0 Å². The lowest BCUT2D eigenvalue weighted by Crippen LogP contribution is -2.53. The SMILES string of the molecule is CC[C@H](C)NC(=O)[C@@H](C)NC(=O)NC1CCN(S(C)(=O)=O)CC1. The molecule has 0 aromatic rings. The van der Waals surface area contributed by atoms with E-state index in [9.17, 15) is 18.0 Å². The van der Waals surface area contributed by atoms with Gasteiger partial charge in [-0.3, -0.25) is 4.79 Å². The smallest absolute Gasteiger partial charge is 0.315 e. The first-order chi connectivity index (χ1) is 10.6. The summed E-state index contributed by atoms with van der Waals surface area (Å²) < 4.78 is 24.3.